The van der Waals surface area contributed by atoms with Crippen molar-refractivity contribution in [3.63, 3.8) is 0 Å². The third-order valence-corrected chi connectivity index (χ3v) is 6.42. The minimum atomic E-state index is -0.0432. The number of carbonyl (C=O) groups is 1. The Morgan fingerprint density at radius 1 is 0.892 bits per heavy atom. The summed E-state index contributed by atoms with van der Waals surface area (Å²) in [5, 5.41) is 0. The van der Waals surface area contributed by atoms with E-state index in [1.54, 1.807) is 13.3 Å². The highest BCUT2D eigenvalue weighted by molar-refractivity contribution is 6.00. The second kappa shape index (κ2) is 11.1. The number of pyridine rings is 1. The third kappa shape index (κ3) is 5.23. The molecule has 37 heavy (non-hydrogen) atoms. The predicted octanol–water partition coefficient (Wildman–Crippen LogP) is 6.36. The molecule has 2 aromatic heterocycles. The molecule has 2 heterocycles. The lowest BCUT2D eigenvalue weighted by Crippen LogP contribution is -2.31. The van der Waals surface area contributed by atoms with Crippen LogP contribution in [0.25, 0.3) is 22.3 Å². The van der Waals surface area contributed by atoms with Crippen LogP contribution in [0.1, 0.15) is 35.1 Å². The van der Waals surface area contributed by atoms with Crippen LogP contribution in [-0.4, -0.2) is 32.5 Å². The van der Waals surface area contributed by atoms with Gasteiger partial charge in [-0.1, -0.05) is 67.6 Å². The molecular weight excluding hydrogens is 460 g/mol. The maximum Gasteiger partial charge on any atom is 0.255 e. The second-order valence-corrected chi connectivity index (χ2v) is 8.95. The van der Waals surface area contributed by atoms with Gasteiger partial charge in [-0.25, -0.2) is 9.97 Å². The summed E-state index contributed by atoms with van der Waals surface area (Å²) in [6, 6.07) is 29.5. The molecule has 0 radical (unpaired) electrons. The van der Waals surface area contributed by atoms with Crippen molar-refractivity contribution in [3.8, 4) is 16.9 Å². The van der Waals surface area contributed by atoms with Gasteiger partial charge in [0.15, 0.2) is 5.65 Å². The van der Waals surface area contributed by atoms with Crippen molar-refractivity contribution in [2.24, 2.45) is 0 Å². The molecule has 0 spiro atoms. The van der Waals surface area contributed by atoms with Gasteiger partial charge in [-0.2, -0.15) is 0 Å². The second-order valence-electron chi connectivity index (χ2n) is 8.95. The van der Waals surface area contributed by atoms with Crippen molar-refractivity contribution in [3.05, 3.63) is 114 Å². The Balaban J connectivity index is 1.56. The summed E-state index contributed by atoms with van der Waals surface area (Å²) in [6.45, 7) is 3.72. The number of nitrogens with zero attached hydrogens (tertiary/aromatic N) is 4. The quantitative estimate of drug-likeness (QED) is 0.241. The number of hydrogen-bond acceptors (Lipinski definition) is 4. The largest absolute Gasteiger partial charge is 0.497 e. The molecule has 0 N–H and O–H groups in total. The van der Waals surface area contributed by atoms with Crippen molar-refractivity contribution >= 4 is 17.1 Å². The minimum Gasteiger partial charge on any atom is -0.497 e. The van der Waals surface area contributed by atoms with Gasteiger partial charge in [0.1, 0.15) is 17.1 Å². The van der Waals surface area contributed by atoms with E-state index in [0.29, 0.717) is 18.7 Å². The van der Waals surface area contributed by atoms with Crippen molar-refractivity contribution in [1.29, 1.82) is 0 Å². The molecule has 0 saturated heterocycles. The molecule has 0 aliphatic rings. The Bertz CT molecular complexity index is 1490. The molecule has 6 nitrogen and oxygen atoms in total. The summed E-state index contributed by atoms with van der Waals surface area (Å²) < 4.78 is 7.46. The highest BCUT2D eigenvalue weighted by Crippen LogP contribution is 2.27. The van der Waals surface area contributed by atoms with Gasteiger partial charge >= 0.3 is 0 Å². The number of benzene rings is 3. The number of methoxy groups -OCH3 is 1. The smallest absolute Gasteiger partial charge is 0.255 e. The van der Waals surface area contributed by atoms with E-state index in [-0.39, 0.29) is 5.91 Å². The number of imidazole rings is 1. The highest BCUT2D eigenvalue weighted by Gasteiger charge is 2.23. The first-order chi connectivity index (χ1) is 18.2. The zero-order chi connectivity index (χ0) is 25.6. The average Bonchev–Trinajstić information content (AvgIpc) is 3.30. The SMILES string of the molecule is CCCn1c(CN(Cc2ccc(OC)cc2)C(=O)c2ccccc2-c2ccccc2)nc2cccnc21. The van der Waals surface area contributed by atoms with E-state index in [1.807, 2.05) is 95.9 Å². The minimum absolute atomic E-state index is 0.0432. The number of fused-ring (bicyclic) bond motifs is 1. The van der Waals surface area contributed by atoms with Crippen LogP contribution in [0.4, 0.5) is 0 Å². The van der Waals surface area contributed by atoms with Crippen molar-refractivity contribution in [1.82, 2.24) is 19.4 Å². The van der Waals surface area contributed by atoms with Crippen LogP contribution in [0.5, 0.6) is 5.75 Å². The number of aromatic nitrogens is 3. The number of carbonyl (C=O) groups excluding carboxylic acids is 1. The van der Waals surface area contributed by atoms with E-state index >= 15 is 0 Å². The lowest BCUT2D eigenvalue weighted by molar-refractivity contribution is 0.0724. The molecule has 0 aliphatic heterocycles. The molecule has 5 rings (SSSR count). The van der Waals surface area contributed by atoms with Gasteiger partial charge in [-0.15, -0.1) is 0 Å². The fourth-order valence-electron chi connectivity index (χ4n) is 4.62. The topological polar surface area (TPSA) is 60.2 Å². The molecule has 3 aromatic carbocycles. The summed E-state index contributed by atoms with van der Waals surface area (Å²) in [6.07, 6.45) is 2.73. The van der Waals surface area contributed by atoms with Crippen molar-refractivity contribution < 1.29 is 9.53 Å². The van der Waals surface area contributed by atoms with Gasteiger partial charge in [0, 0.05) is 24.8 Å². The molecule has 0 atom stereocenters. The molecule has 0 aliphatic carbocycles. The van der Waals surface area contributed by atoms with Gasteiger partial charge in [0.2, 0.25) is 0 Å². The number of amides is 1. The predicted molar refractivity (Wildman–Crippen MR) is 146 cm³/mol. The van der Waals surface area contributed by atoms with E-state index in [9.17, 15) is 4.79 Å². The van der Waals surface area contributed by atoms with Crippen LogP contribution >= 0.6 is 0 Å². The number of aryl methyl sites for hydroxylation is 1. The van der Waals surface area contributed by atoms with E-state index in [2.05, 4.69) is 16.5 Å². The monoisotopic (exact) mass is 490 g/mol. The standard InChI is InChI=1S/C31H30N4O2/c1-3-20-35-29(33-28-14-9-19-32-30(28)35)22-34(21-23-15-17-25(37-2)18-16-23)31(36)27-13-8-7-12-26(27)24-10-5-4-6-11-24/h4-19H,3,20-22H2,1-2H3. The Morgan fingerprint density at radius 3 is 2.41 bits per heavy atom. The number of hydrogen-bond donors (Lipinski definition) is 0. The van der Waals surface area contributed by atoms with Crippen LogP contribution in [0.3, 0.4) is 0 Å². The lowest BCUT2D eigenvalue weighted by Gasteiger charge is -2.24. The van der Waals surface area contributed by atoms with Crippen molar-refractivity contribution in [2.45, 2.75) is 33.0 Å². The Hall–Kier alpha value is -4.45. The molecule has 6 heteroatoms. The van der Waals surface area contributed by atoms with Gasteiger partial charge in [0.05, 0.1) is 13.7 Å². The van der Waals surface area contributed by atoms with Gasteiger partial charge in [0.25, 0.3) is 5.91 Å². The maximum absolute atomic E-state index is 14.2. The number of rotatable bonds is 9. The van der Waals surface area contributed by atoms with E-state index in [1.165, 1.54) is 0 Å². The summed E-state index contributed by atoms with van der Waals surface area (Å²) in [4.78, 5) is 25.5. The highest BCUT2D eigenvalue weighted by atomic mass is 16.5. The first-order valence-electron chi connectivity index (χ1n) is 12.5. The molecule has 5 aromatic rings. The molecule has 186 valence electrons. The number of ether oxygens (including phenoxy) is 1. The molecule has 0 fully saturated rings. The average molecular weight is 491 g/mol. The normalized spacial score (nSPS) is 11.0. The fourth-order valence-corrected chi connectivity index (χ4v) is 4.62. The van der Waals surface area contributed by atoms with E-state index in [0.717, 1.165) is 52.4 Å². The van der Waals surface area contributed by atoms with Crippen LogP contribution in [0.2, 0.25) is 0 Å². The van der Waals surface area contributed by atoms with Crippen LogP contribution in [-0.2, 0) is 19.6 Å². The first kappa shape index (κ1) is 24.3. The van der Waals surface area contributed by atoms with Gasteiger partial charge in [-0.3, -0.25) is 4.79 Å². The van der Waals surface area contributed by atoms with E-state index in [4.69, 9.17) is 9.72 Å². The van der Waals surface area contributed by atoms with E-state index < -0.39 is 0 Å². The Labute approximate surface area is 217 Å². The first-order valence-corrected chi connectivity index (χ1v) is 12.5. The van der Waals surface area contributed by atoms with Crippen LogP contribution in [0, 0.1) is 0 Å². The van der Waals surface area contributed by atoms with Crippen molar-refractivity contribution in [2.75, 3.05) is 7.11 Å². The molecular formula is C31H30N4O2. The van der Waals surface area contributed by atoms with Gasteiger partial charge < -0.3 is 14.2 Å². The summed E-state index contributed by atoms with van der Waals surface area (Å²) in [7, 11) is 1.65. The summed E-state index contributed by atoms with van der Waals surface area (Å²) in [5.41, 5.74) is 5.30. The maximum atomic E-state index is 14.2. The summed E-state index contributed by atoms with van der Waals surface area (Å²) in [5.74, 6) is 1.57. The van der Waals surface area contributed by atoms with Crippen LogP contribution in [0.15, 0.2) is 97.2 Å². The Kier molecular flexibility index (Phi) is 7.26. The zero-order valence-electron chi connectivity index (χ0n) is 21.2. The fraction of sp³-hybridized carbons (Fsp3) is 0.194. The molecule has 0 saturated carbocycles. The summed E-state index contributed by atoms with van der Waals surface area (Å²) >= 11 is 0. The lowest BCUT2D eigenvalue weighted by atomic mass is 9.98. The molecule has 1 amide bonds. The van der Waals surface area contributed by atoms with Crippen LogP contribution < -0.4 is 4.74 Å². The third-order valence-electron chi connectivity index (χ3n) is 6.42. The zero-order valence-corrected chi connectivity index (χ0v) is 21.2. The molecule has 0 unspecified atom stereocenters. The molecule has 0 bridgehead atoms. The Morgan fingerprint density at radius 2 is 1.65 bits per heavy atom. The van der Waals surface area contributed by atoms with Gasteiger partial charge in [-0.05, 0) is 53.4 Å².